The fourth-order valence-electron chi connectivity index (χ4n) is 5.59. The molecule has 0 bridgehead atoms. The Hall–Kier alpha value is -3.11. The zero-order chi connectivity index (χ0) is 20.6. The Balaban J connectivity index is 1.75. The van der Waals surface area contributed by atoms with Gasteiger partial charge >= 0.3 is 0 Å². The van der Waals surface area contributed by atoms with Crippen LogP contribution in [0, 0.1) is 3.57 Å². The molecule has 1 aliphatic heterocycles. The van der Waals surface area contributed by atoms with Gasteiger partial charge in [-0.3, -0.25) is 0 Å². The van der Waals surface area contributed by atoms with Crippen molar-refractivity contribution in [3.8, 4) is 22.6 Å². The second kappa shape index (κ2) is 6.21. The van der Waals surface area contributed by atoms with E-state index < -0.39 is 0 Å². The third kappa shape index (κ3) is 2.16. The Bertz CT molecular complexity index is 1490. The summed E-state index contributed by atoms with van der Waals surface area (Å²) in [6.45, 7) is 0. The molecule has 1 spiro atoms. The lowest BCUT2D eigenvalue weighted by molar-refractivity contribution is 0.436. The second-order valence-electron chi connectivity index (χ2n) is 8.25. The van der Waals surface area contributed by atoms with E-state index in [0.717, 1.165) is 11.5 Å². The number of fused-ring (bicyclic) bond motifs is 10. The molecule has 0 N–H and O–H groups in total. The predicted molar refractivity (Wildman–Crippen MR) is 134 cm³/mol. The highest BCUT2D eigenvalue weighted by atomic mass is 127. The van der Waals surface area contributed by atoms with Crippen LogP contribution in [0.4, 0.5) is 0 Å². The van der Waals surface area contributed by atoms with Crippen molar-refractivity contribution in [1.29, 1.82) is 0 Å². The van der Waals surface area contributed by atoms with Crippen LogP contribution in [-0.4, -0.2) is 0 Å². The molecule has 2 heteroatoms. The van der Waals surface area contributed by atoms with E-state index in [1.807, 2.05) is 0 Å². The van der Waals surface area contributed by atoms with Gasteiger partial charge in [0.05, 0.1) is 5.41 Å². The monoisotopic (exact) mass is 508 g/mol. The minimum atomic E-state index is -0.388. The summed E-state index contributed by atoms with van der Waals surface area (Å²) >= 11 is 2.49. The zero-order valence-corrected chi connectivity index (χ0v) is 18.8. The molecule has 1 nitrogen and oxygen atoms in total. The molecule has 1 heterocycles. The summed E-state index contributed by atoms with van der Waals surface area (Å²) < 4.78 is 7.69. The lowest BCUT2D eigenvalue weighted by Gasteiger charge is -2.39. The summed E-state index contributed by atoms with van der Waals surface area (Å²) in [6, 6.07) is 37.2. The molecule has 1 aliphatic carbocycles. The molecule has 5 aromatic carbocycles. The SMILES string of the molecule is Ic1cccc2c1-c1cc3ccccc3cc1C21c2ccccc2Oc2ccccc21. The lowest BCUT2D eigenvalue weighted by Crippen LogP contribution is -2.32. The van der Waals surface area contributed by atoms with E-state index >= 15 is 0 Å². The molecule has 0 aromatic heterocycles. The molecule has 0 saturated heterocycles. The summed E-state index contributed by atoms with van der Waals surface area (Å²) in [6.07, 6.45) is 0. The average molecular weight is 508 g/mol. The van der Waals surface area contributed by atoms with Crippen LogP contribution in [0.3, 0.4) is 0 Å². The van der Waals surface area contributed by atoms with Crippen molar-refractivity contribution in [2.45, 2.75) is 5.41 Å². The van der Waals surface area contributed by atoms with Crippen LogP contribution in [0.1, 0.15) is 22.3 Å². The largest absolute Gasteiger partial charge is 0.457 e. The first kappa shape index (κ1) is 17.6. The highest BCUT2D eigenvalue weighted by Gasteiger charge is 2.51. The summed E-state index contributed by atoms with van der Waals surface area (Å²) in [5.74, 6) is 1.87. The summed E-state index contributed by atoms with van der Waals surface area (Å²) in [4.78, 5) is 0. The van der Waals surface area contributed by atoms with E-state index in [4.69, 9.17) is 4.74 Å². The van der Waals surface area contributed by atoms with Crippen LogP contribution in [0.15, 0.2) is 103 Å². The van der Waals surface area contributed by atoms with Gasteiger partial charge in [0, 0.05) is 20.3 Å². The van der Waals surface area contributed by atoms with Crippen LogP contribution in [-0.2, 0) is 5.41 Å². The Kier molecular flexibility index (Phi) is 3.52. The van der Waals surface area contributed by atoms with Crippen molar-refractivity contribution in [3.63, 3.8) is 0 Å². The summed E-state index contributed by atoms with van der Waals surface area (Å²) in [7, 11) is 0. The van der Waals surface area contributed by atoms with Crippen molar-refractivity contribution in [2.24, 2.45) is 0 Å². The van der Waals surface area contributed by atoms with Crippen LogP contribution in [0.25, 0.3) is 21.9 Å². The normalized spacial score (nSPS) is 14.5. The van der Waals surface area contributed by atoms with E-state index in [-0.39, 0.29) is 5.41 Å². The van der Waals surface area contributed by atoms with Crippen molar-refractivity contribution < 1.29 is 4.74 Å². The molecule has 0 saturated carbocycles. The minimum absolute atomic E-state index is 0.388. The van der Waals surface area contributed by atoms with Gasteiger partial charge in [0.15, 0.2) is 0 Å². The predicted octanol–water partition coefficient (Wildman–Crippen LogP) is 7.91. The van der Waals surface area contributed by atoms with Crippen LogP contribution < -0.4 is 4.74 Å². The highest BCUT2D eigenvalue weighted by molar-refractivity contribution is 14.1. The highest BCUT2D eigenvalue weighted by Crippen LogP contribution is 2.62. The van der Waals surface area contributed by atoms with Crippen molar-refractivity contribution in [1.82, 2.24) is 0 Å². The van der Waals surface area contributed by atoms with Crippen molar-refractivity contribution >= 4 is 33.4 Å². The van der Waals surface area contributed by atoms with Gasteiger partial charge in [-0.2, -0.15) is 0 Å². The molecular weight excluding hydrogens is 491 g/mol. The van der Waals surface area contributed by atoms with Gasteiger partial charge in [-0.05, 0) is 80.4 Å². The molecule has 0 fully saturated rings. The molecule has 146 valence electrons. The maximum Gasteiger partial charge on any atom is 0.132 e. The van der Waals surface area contributed by atoms with Gasteiger partial charge in [-0.15, -0.1) is 0 Å². The van der Waals surface area contributed by atoms with Gasteiger partial charge < -0.3 is 4.74 Å². The van der Waals surface area contributed by atoms with E-state index in [2.05, 4.69) is 126 Å². The first-order valence-corrected chi connectivity index (χ1v) is 11.6. The van der Waals surface area contributed by atoms with Crippen molar-refractivity contribution in [3.05, 3.63) is 129 Å². The van der Waals surface area contributed by atoms with Gasteiger partial charge in [0.1, 0.15) is 11.5 Å². The molecule has 2 aliphatic rings. The Morgan fingerprint density at radius 1 is 0.548 bits per heavy atom. The smallest absolute Gasteiger partial charge is 0.132 e. The van der Waals surface area contributed by atoms with Crippen molar-refractivity contribution in [2.75, 3.05) is 0 Å². The van der Waals surface area contributed by atoms with E-state index in [0.29, 0.717) is 0 Å². The molecule has 31 heavy (non-hydrogen) atoms. The molecule has 7 rings (SSSR count). The molecule has 0 atom stereocenters. The number of ether oxygens (including phenoxy) is 1. The zero-order valence-electron chi connectivity index (χ0n) is 16.6. The van der Waals surface area contributed by atoms with Crippen LogP contribution >= 0.6 is 22.6 Å². The topological polar surface area (TPSA) is 9.23 Å². The maximum absolute atomic E-state index is 6.41. The van der Waals surface area contributed by atoms with Gasteiger partial charge in [-0.1, -0.05) is 72.8 Å². The fourth-order valence-corrected chi connectivity index (χ4v) is 6.38. The average Bonchev–Trinajstić information content (AvgIpc) is 3.09. The van der Waals surface area contributed by atoms with Crippen LogP contribution in [0.2, 0.25) is 0 Å². The number of rotatable bonds is 0. The van der Waals surface area contributed by atoms with Crippen LogP contribution in [0.5, 0.6) is 11.5 Å². The van der Waals surface area contributed by atoms with Gasteiger partial charge in [0.25, 0.3) is 0 Å². The quantitative estimate of drug-likeness (QED) is 0.189. The third-order valence-corrected chi connectivity index (χ3v) is 7.68. The number of halogens is 1. The number of hydrogen-bond acceptors (Lipinski definition) is 1. The summed E-state index contributed by atoms with van der Waals surface area (Å²) in [5, 5.41) is 2.54. The van der Waals surface area contributed by atoms with E-state index in [1.54, 1.807) is 0 Å². The molecule has 0 unspecified atom stereocenters. The molecule has 5 aromatic rings. The number of benzene rings is 5. The molecule has 0 amide bonds. The first-order chi connectivity index (χ1) is 15.3. The first-order valence-electron chi connectivity index (χ1n) is 10.5. The standard InChI is InChI=1S/C29H17IO/c30-25-13-7-12-23-28(25)20-16-18-8-1-2-9-19(18)17-24(20)29(23)21-10-3-5-14-26(21)31-27-15-6-4-11-22(27)29/h1-17H. The Labute approximate surface area is 194 Å². The summed E-state index contributed by atoms with van der Waals surface area (Å²) in [5.41, 5.74) is 7.39. The van der Waals surface area contributed by atoms with E-state index in [1.165, 1.54) is 47.7 Å². The number of para-hydroxylation sites is 2. The lowest BCUT2D eigenvalue weighted by atomic mass is 9.66. The fraction of sp³-hybridized carbons (Fsp3) is 0.0345. The minimum Gasteiger partial charge on any atom is -0.457 e. The van der Waals surface area contributed by atoms with E-state index in [9.17, 15) is 0 Å². The van der Waals surface area contributed by atoms with Gasteiger partial charge in [-0.25, -0.2) is 0 Å². The Morgan fingerprint density at radius 2 is 1.13 bits per heavy atom. The number of hydrogen-bond donors (Lipinski definition) is 0. The third-order valence-electron chi connectivity index (χ3n) is 6.78. The maximum atomic E-state index is 6.41. The van der Waals surface area contributed by atoms with Gasteiger partial charge in [0.2, 0.25) is 0 Å². The molecule has 0 radical (unpaired) electrons. The molecular formula is C29H17IO. The second-order valence-corrected chi connectivity index (χ2v) is 9.41. The Morgan fingerprint density at radius 3 is 1.84 bits per heavy atom.